The highest BCUT2D eigenvalue weighted by Crippen LogP contribution is 2.19. The van der Waals surface area contributed by atoms with E-state index in [4.69, 9.17) is 9.72 Å². The largest absolute Gasteiger partial charge is 0.494 e. The quantitative estimate of drug-likeness (QED) is 0.249. The molecule has 0 fully saturated rings. The van der Waals surface area contributed by atoms with Crippen molar-refractivity contribution in [1.82, 2.24) is 14.9 Å². The van der Waals surface area contributed by atoms with Gasteiger partial charge >= 0.3 is 0 Å². The maximum Gasteiger partial charge on any atom is 0.246 e. The van der Waals surface area contributed by atoms with Crippen molar-refractivity contribution in [2.75, 3.05) is 13.2 Å². The molecule has 0 aliphatic rings. The number of ether oxygens (including phenoxy) is 1. The van der Waals surface area contributed by atoms with E-state index in [9.17, 15) is 4.79 Å². The lowest BCUT2D eigenvalue weighted by molar-refractivity contribution is -0.117. The third-order valence-corrected chi connectivity index (χ3v) is 5.86. The van der Waals surface area contributed by atoms with Gasteiger partial charge in [0, 0.05) is 25.1 Å². The predicted molar refractivity (Wildman–Crippen MR) is 136 cm³/mol. The molecule has 33 heavy (non-hydrogen) atoms. The van der Waals surface area contributed by atoms with Gasteiger partial charge in [-0.25, -0.2) is 4.98 Å². The van der Waals surface area contributed by atoms with Gasteiger partial charge in [0.1, 0.15) is 11.6 Å². The van der Waals surface area contributed by atoms with Gasteiger partial charge in [0.05, 0.1) is 17.6 Å². The smallest absolute Gasteiger partial charge is 0.246 e. The molecule has 3 rings (SSSR count). The van der Waals surface area contributed by atoms with E-state index in [-0.39, 0.29) is 5.91 Å². The predicted octanol–water partition coefficient (Wildman–Crippen LogP) is 5.86. The summed E-state index contributed by atoms with van der Waals surface area (Å²) in [6.45, 7) is 9.93. The summed E-state index contributed by atoms with van der Waals surface area (Å²) >= 11 is 0. The number of aryl methyl sites for hydroxylation is 3. The van der Waals surface area contributed by atoms with Gasteiger partial charge in [-0.3, -0.25) is 4.79 Å². The monoisotopic (exact) mass is 447 g/mol. The summed E-state index contributed by atoms with van der Waals surface area (Å²) in [5.41, 5.74) is 4.16. The van der Waals surface area contributed by atoms with Gasteiger partial charge in [-0.2, -0.15) is 0 Å². The Kier molecular flexibility index (Phi) is 9.55. The Morgan fingerprint density at radius 3 is 2.58 bits per heavy atom. The molecule has 1 N–H and O–H groups in total. The molecule has 0 saturated carbocycles. The first-order chi connectivity index (χ1) is 16.1. The fraction of sp³-hybridized carbons (Fsp3) is 0.429. The van der Waals surface area contributed by atoms with Crippen molar-refractivity contribution in [3.05, 3.63) is 72.1 Å². The zero-order valence-electron chi connectivity index (χ0n) is 20.1. The van der Waals surface area contributed by atoms with E-state index in [2.05, 4.69) is 65.9 Å². The molecule has 2 aromatic carbocycles. The van der Waals surface area contributed by atoms with E-state index in [1.807, 2.05) is 6.07 Å². The van der Waals surface area contributed by atoms with Crippen molar-refractivity contribution in [1.29, 1.82) is 0 Å². The molecule has 0 saturated heterocycles. The number of imidazole rings is 1. The number of fused-ring (bicyclic) bond motifs is 1. The minimum absolute atomic E-state index is 0.0567. The normalized spacial score (nSPS) is 11.0. The number of hydrogen-bond acceptors (Lipinski definition) is 3. The number of nitrogens with zero attached hydrogens (tertiary/aromatic N) is 2. The first kappa shape index (κ1) is 24.6. The van der Waals surface area contributed by atoms with E-state index in [0.29, 0.717) is 12.1 Å². The topological polar surface area (TPSA) is 56.2 Å². The SMILES string of the molecule is C=C(C)C(=O)NCCCCCc1nc2ccccc2n1CCCCOc1ccc(CC)cc1. The molecular weight excluding hydrogens is 410 g/mol. The van der Waals surface area contributed by atoms with Crippen molar-refractivity contribution in [2.24, 2.45) is 0 Å². The fourth-order valence-electron chi connectivity index (χ4n) is 3.89. The first-order valence-corrected chi connectivity index (χ1v) is 12.2. The Balaban J connectivity index is 1.45. The van der Waals surface area contributed by atoms with Gasteiger partial charge in [-0.15, -0.1) is 0 Å². The van der Waals surface area contributed by atoms with Crippen molar-refractivity contribution in [3.8, 4) is 5.75 Å². The van der Waals surface area contributed by atoms with Crippen LogP contribution >= 0.6 is 0 Å². The van der Waals surface area contributed by atoms with Crippen LogP contribution in [0, 0.1) is 0 Å². The van der Waals surface area contributed by atoms with E-state index in [0.717, 1.165) is 75.2 Å². The number of aromatic nitrogens is 2. The summed E-state index contributed by atoms with van der Waals surface area (Å²) in [7, 11) is 0. The highest BCUT2D eigenvalue weighted by molar-refractivity contribution is 5.92. The maximum absolute atomic E-state index is 11.6. The van der Waals surface area contributed by atoms with E-state index in [1.165, 1.54) is 11.1 Å². The Labute approximate surface area is 197 Å². The van der Waals surface area contributed by atoms with E-state index in [1.54, 1.807) is 6.92 Å². The standard InChI is InChI=1S/C28H37N3O2/c1-4-23-15-17-24(18-16-23)33-21-11-10-20-31-26-13-8-7-12-25(26)30-27(31)14-6-5-9-19-29-28(32)22(2)3/h7-8,12-13,15-18H,2,4-6,9-11,14,19-21H2,1,3H3,(H,29,32). The summed E-state index contributed by atoms with van der Waals surface area (Å²) < 4.78 is 8.29. The van der Waals surface area contributed by atoms with Gasteiger partial charge < -0.3 is 14.6 Å². The Bertz CT molecular complexity index is 1040. The number of para-hydroxylation sites is 2. The number of unbranched alkanes of at least 4 members (excludes halogenated alkanes) is 3. The molecule has 0 radical (unpaired) electrons. The number of benzene rings is 2. The van der Waals surface area contributed by atoms with Crippen LogP contribution in [-0.2, 0) is 24.2 Å². The molecule has 0 atom stereocenters. The van der Waals surface area contributed by atoms with Crippen LogP contribution < -0.4 is 10.1 Å². The molecule has 1 aromatic heterocycles. The van der Waals surface area contributed by atoms with Crippen LogP contribution in [0.25, 0.3) is 11.0 Å². The van der Waals surface area contributed by atoms with Gasteiger partial charge in [0.15, 0.2) is 0 Å². The van der Waals surface area contributed by atoms with Crippen LogP contribution in [0.3, 0.4) is 0 Å². The molecule has 5 nitrogen and oxygen atoms in total. The lowest BCUT2D eigenvalue weighted by Crippen LogP contribution is -2.24. The second kappa shape index (κ2) is 12.8. The first-order valence-electron chi connectivity index (χ1n) is 12.2. The fourth-order valence-corrected chi connectivity index (χ4v) is 3.89. The van der Waals surface area contributed by atoms with Crippen molar-refractivity contribution in [2.45, 2.75) is 65.3 Å². The Morgan fingerprint density at radius 1 is 1.03 bits per heavy atom. The van der Waals surface area contributed by atoms with Crippen molar-refractivity contribution >= 4 is 16.9 Å². The molecule has 0 bridgehead atoms. The summed E-state index contributed by atoms with van der Waals surface area (Å²) in [6, 6.07) is 16.8. The molecule has 1 heterocycles. The third-order valence-electron chi connectivity index (χ3n) is 5.86. The summed E-state index contributed by atoms with van der Waals surface area (Å²) in [4.78, 5) is 16.5. The second-order valence-electron chi connectivity index (χ2n) is 8.57. The zero-order valence-corrected chi connectivity index (χ0v) is 20.1. The molecule has 0 spiro atoms. The van der Waals surface area contributed by atoms with Crippen molar-refractivity contribution in [3.63, 3.8) is 0 Å². The molecule has 176 valence electrons. The van der Waals surface area contributed by atoms with Crippen LogP contribution in [0.2, 0.25) is 0 Å². The highest BCUT2D eigenvalue weighted by atomic mass is 16.5. The molecular formula is C28H37N3O2. The molecule has 0 aliphatic carbocycles. The molecule has 0 aliphatic heterocycles. The summed E-state index contributed by atoms with van der Waals surface area (Å²) in [6.07, 6.45) is 7.14. The van der Waals surface area contributed by atoms with Crippen LogP contribution in [0.1, 0.15) is 57.3 Å². The number of hydrogen-bond donors (Lipinski definition) is 1. The average molecular weight is 448 g/mol. The van der Waals surface area contributed by atoms with Crippen LogP contribution in [-0.4, -0.2) is 28.6 Å². The minimum atomic E-state index is -0.0567. The van der Waals surface area contributed by atoms with Gasteiger partial charge in [0.25, 0.3) is 0 Å². The number of amides is 1. The maximum atomic E-state index is 11.6. The molecule has 0 unspecified atom stereocenters. The number of carbonyl (C=O) groups is 1. The van der Waals surface area contributed by atoms with E-state index >= 15 is 0 Å². The molecule has 5 heteroatoms. The Morgan fingerprint density at radius 2 is 1.82 bits per heavy atom. The van der Waals surface area contributed by atoms with Crippen LogP contribution in [0.5, 0.6) is 5.75 Å². The number of rotatable bonds is 14. The van der Waals surface area contributed by atoms with E-state index < -0.39 is 0 Å². The van der Waals surface area contributed by atoms with Gasteiger partial charge in [-0.1, -0.05) is 44.2 Å². The highest BCUT2D eigenvalue weighted by Gasteiger charge is 2.10. The van der Waals surface area contributed by atoms with Crippen LogP contribution in [0.4, 0.5) is 0 Å². The Hall–Kier alpha value is -3.08. The lowest BCUT2D eigenvalue weighted by Gasteiger charge is -2.11. The molecule has 1 amide bonds. The zero-order chi connectivity index (χ0) is 23.5. The summed E-state index contributed by atoms with van der Waals surface area (Å²) in [5, 5.41) is 2.90. The van der Waals surface area contributed by atoms with Crippen molar-refractivity contribution < 1.29 is 9.53 Å². The lowest BCUT2D eigenvalue weighted by atomic mass is 10.2. The van der Waals surface area contributed by atoms with Gasteiger partial charge in [-0.05, 0) is 68.9 Å². The third kappa shape index (κ3) is 7.48. The second-order valence-corrected chi connectivity index (χ2v) is 8.57. The molecule has 3 aromatic rings. The minimum Gasteiger partial charge on any atom is -0.494 e. The average Bonchev–Trinajstić information content (AvgIpc) is 3.18. The van der Waals surface area contributed by atoms with Gasteiger partial charge in [0.2, 0.25) is 5.91 Å². The summed E-state index contributed by atoms with van der Waals surface area (Å²) in [5.74, 6) is 2.04. The number of carbonyl (C=O) groups excluding carboxylic acids is 1. The number of nitrogens with one attached hydrogen (secondary N) is 1. The van der Waals surface area contributed by atoms with Crippen LogP contribution in [0.15, 0.2) is 60.7 Å².